The van der Waals surface area contributed by atoms with Gasteiger partial charge in [0.05, 0.1) is 0 Å². The lowest BCUT2D eigenvalue weighted by molar-refractivity contribution is -0.131. The standard InChI is InChI=1S/C18H28ClNO/c1-7-8-12-20(15-11-9-10-14(19)13-15)16(21)18(5,6)17(2,3)4/h9-11,13H,7-8,12H2,1-6H3. The molecule has 0 heterocycles. The lowest BCUT2D eigenvalue weighted by Gasteiger charge is -2.41. The fraction of sp³-hybridized carbons (Fsp3) is 0.611. The Balaban J connectivity index is 3.17. The number of anilines is 1. The van der Waals surface area contributed by atoms with Crippen molar-refractivity contribution in [3.8, 4) is 0 Å². The van der Waals surface area contributed by atoms with Gasteiger partial charge in [0.1, 0.15) is 0 Å². The zero-order chi connectivity index (χ0) is 16.3. The molecule has 1 aromatic rings. The highest BCUT2D eigenvalue weighted by Crippen LogP contribution is 2.40. The van der Waals surface area contributed by atoms with Crippen LogP contribution in [0.5, 0.6) is 0 Å². The van der Waals surface area contributed by atoms with Gasteiger partial charge in [-0.2, -0.15) is 0 Å². The summed E-state index contributed by atoms with van der Waals surface area (Å²) in [5.74, 6) is 0.158. The second-order valence-corrected chi connectivity index (χ2v) is 7.60. The number of unbranched alkanes of at least 4 members (excludes halogenated alkanes) is 1. The lowest BCUT2D eigenvalue weighted by Crippen LogP contribution is -2.48. The Morgan fingerprint density at radius 3 is 2.29 bits per heavy atom. The number of hydrogen-bond donors (Lipinski definition) is 0. The molecule has 1 aromatic carbocycles. The molecule has 21 heavy (non-hydrogen) atoms. The van der Waals surface area contributed by atoms with Crippen molar-refractivity contribution in [3.05, 3.63) is 29.3 Å². The number of carbonyl (C=O) groups is 1. The van der Waals surface area contributed by atoms with E-state index in [4.69, 9.17) is 11.6 Å². The van der Waals surface area contributed by atoms with Crippen molar-refractivity contribution in [2.45, 2.75) is 54.4 Å². The van der Waals surface area contributed by atoms with Gasteiger partial charge in [0.25, 0.3) is 0 Å². The molecule has 1 amide bonds. The predicted molar refractivity (Wildman–Crippen MR) is 91.9 cm³/mol. The Hall–Kier alpha value is -1.02. The van der Waals surface area contributed by atoms with E-state index < -0.39 is 5.41 Å². The van der Waals surface area contributed by atoms with Crippen LogP contribution in [0.15, 0.2) is 24.3 Å². The van der Waals surface area contributed by atoms with Crippen molar-refractivity contribution in [3.63, 3.8) is 0 Å². The highest BCUT2D eigenvalue weighted by molar-refractivity contribution is 6.30. The monoisotopic (exact) mass is 309 g/mol. The first-order valence-corrected chi connectivity index (χ1v) is 8.06. The van der Waals surface area contributed by atoms with E-state index in [1.807, 2.05) is 43.0 Å². The molecule has 118 valence electrons. The van der Waals surface area contributed by atoms with Gasteiger partial charge < -0.3 is 4.90 Å². The number of nitrogens with zero attached hydrogens (tertiary/aromatic N) is 1. The van der Waals surface area contributed by atoms with Crippen LogP contribution in [-0.2, 0) is 4.79 Å². The van der Waals surface area contributed by atoms with Gasteiger partial charge in [-0.1, -0.05) is 65.6 Å². The van der Waals surface area contributed by atoms with Crippen LogP contribution in [0.25, 0.3) is 0 Å². The zero-order valence-corrected chi connectivity index (χ0v) is 14.9. The molecule has 0 saturated carbocycles. The van der Waals surface area contributed by atoms with E-state index in [-0.39, 0.29) is 11.3 Å². The Morgan fingerprint density at radius 1 is 1.19 bits per heavy atom. The number of carbonyl (C=O) groups excluding carboxylic acids is 1. The fourth-order valence-corrected chi connectivity index (χ4v) is 2.15. The van der Waals surface area contributed by atoms with Gasteiger partial charge in [0, 0.05) is 22.7 Å². The number of rotatable bonds is 5. The molecule has 0 fully saturated rings. The van der Waals surface area contributed by atoms with E-state index in [0.717, 1.165) is 25.1 Å². The minimum absolute atomic E-state index is 0.104. The fourth-order valence-electron chi connectivity index (χ4n) is 1.97. The maximum atomic E-state index is 13.1. The first-order valence-electron chi connectivity index (χ1n) is 7.69. The second kappa shape index (κ2) is 6.83. The third-order valence-electron chi connectivity index (χ3n) is 4.51. The molecular formula is C18H28ClNO. The van der Waals surface area contributed by atoms with E-state index in [9.17, 15) is 4.79 Å². The van der Waals surface area contributed by atoms with Crippen LogP contribution in [-0.4, -0.2) is 12.5 Å². The summed E-state index contributed by atoms with van der Waals surface area (Å²) in [4.78, 5) is 15.0. The summed E-state index contributed by atoms with van der Waals surface area (Å²) < 4.78 is 0. The molecule has 0 aliphatic carbocycles. The summed E-state index contributed by atoms with van der Waals surface area (Å²) in [7, 11) is 0. The van der Waals surface area contributed by atoms with Crippen molar-refractivity contribution in [2.75, 3.05) is 11.4 Å². The molecule has 2 nitrogen and oxygen atoms in total. The van der Waals surface area contributed by atoms with Crippen LogP contribution >= 0.6 is 11.6 Å². The predicted octanol–water partition coefficient (Wildman–Crippen LogP) is 5.55. The molecule has 0 aliphatic rings. The molecule has 0 saturated heterocycles. The molecule has 0 radical (unpaired) electrons. The normalized spacial score (nSPS) is 12.3. The number of hydrogen-bond acceptors (Lipinski definition) is 1. The molecule has 3 heteroatoms. The van der Waals surface area contributed by atoms with Gasteiger partial charge in [0.2, 0.25) is 5.91 Å². The summed E-state index contributed by atoms with van der Waals surface area (Å²) in [6, 6.07) is 7.56. The van der Waals surface area contributed by atoms with Crippen LogP contribution in [0.4, 0.5) is 5.69 Å². The second-order valence-electron chi connectivity index (χ2n) is 7.17. The smallest absolute Gasteiger partial charge is 0.233 e. The van der Waals surface area contributed by atoms with Gasteiger partial charge in [-0.05, 0) is 30.0 Å². The van der Waals surface area contributed by atoms with Crippen molar-refractivity contribution in [1.82, 2.24) is 0 Å². The Morgan fingerprint density at radius 2 is 1.81 bits per heavy atom. The van der Waals surface area contributed by atoms with Crippen molar-refractivity contribution in [2.24, 2.45) is 10.8 Å². The number of benzene rings is 1. The Kier molecular flexibility index (Phi) is 5.86. The van der Waals surface area contributed by atoms with Crippen molar-refractivity contribution in [1.29, 1.82) is 0 Å². The topological polar surface area (TPSA) is 20.3 Å². The molecule has 0 unspecified atom stereocenters. The summed E-state index contributed by atoms with van der Waals surface area (Å²) in [6.45, 7) is 13.3. The van der Waals surface area contributed by atoms with Crippen molar-refractivity contribution < 1.29 is 4.79 Å². The minimum Gasteiger partial charge on any atom is -0.312 e. The van der Waals surface area contributed by atoms with Crippen LogP contribution in [0.3, 0.4) is 0 Å². The summed E-state index contributed by atoms with van der Waals surface area (Å²) in [6.07, 6.45) is 2.04. The maximum absolute atomic E-state index is 13.1. The van der Waals surface area contributed by atoms with Crippen LogP contribution in [0.1, 0.15) is 54.4 Å². The minimum atomic E-state index is -0.441. The first-order chi connectivity index (χ1) is 9.61. The van der Waals surface area contributed by atoms with E-state index in [0.29, 0.717) is 5.02 Å². The summed E-state index contributed by atoms with van der Waals surface area (Å²) >= 11 is 6.09. The molecule has 0 atom stereocenters. The molecule has 0 aliphatic heterocycles. The van der Waals surface area contributed by atoms with Gasteiger partial charge in [0.15, 0.2) is 0 Å². The largest absolute Gasteiger partial charge is 0.312 e. The molecular weight excluding hydrogens is 282 g/mol. The van der Waals surface area contributed by atoms with E-state index >= 15 is 0 Å². The highest BCUT2D eigenvalue weighted by Gasteiger charge is 2.42. The van der Waals surface area contributed by atoms with Crippen LogP contribution in [0, 0.1) is 10.8 Å². The van der Waals surface area contributed by atoms with E-state index in [2.05, 4.69) is 27.7 Å². The quantitative estimate of drug-likeness (QED) is 0.698. The zero-order valence-electron chi connectivity index (χ0n) is 14.2. The third kappa shape index (κ3) is 4.23. The lowest BCUT2D eigenvalue weighted by atomic mass is 9.68. The molecule has 0 bridgehead atoms. The summed E-state index contributed by atoms with van der Waals surface area (Å²) in [5, 5.41) is 0.662. The van der Waals surface area contributed by atoms with Gasteiger partial charge in [-0.15, -0.1) is 0 Å². The SMILES string of the molecule is CCCCN(C(=O)C(C)(C)C(C)(C)C)c1cccc(Cl)c1. The van der Waals surface area contributed by atoms with Crippen molar-refractivity contribution >= 4 is 23.2 Å². The molecule has 1 rings (SSSR count). The number of amides is 1. The van der Waals surface area contributed by atoms with Gasteiger partial charge >= 0.3 is 0 Å². The average molecular weight is 310 g/mol. The Bertz CT molecular complexity index is 488. The molecule has 0 spiro atoms. The van der Waals surface area contributed by atoms with Crippen LogP contribution < -0.4 is 4.90 Å². The average Bonchev–Trinajstić information content (AvgIpc) is 2.37. The Labute approximate surface area is 134 Å². The third-order valence-corrected chi connectivity index (χ3v) is 4.75. The summed E-state index contributed by atoms with van der Waals surface area (Å²) in [5.41, 5.74) is 0.342. The van der Waals surface area contributed by atoms with Gasteiger partial charge in [-0.3, -0.25) is 4.79 Å². The van der Waals surface area contributed by atoms with Crippen LogP contribution in [0.2, 0.25) is 5.02 Å². The number of halogens is 1. The highest BCUT2D eigenvalue weighted by atomic mass is 35.5. The van der Waals surface area contributed by atoms with E-state index in [1.165, 1.54) is 0 Å². The molecule has 0 aromatic heterocycles. The molecule has 0 N–H and O–H groups in total. The van der Waals surface area contributed by atoms with E-state index in [1.54, 1.807) is 0 Å². The maximum Gasteiger partial charge on any atom is 0.233 e. The first kappa shape index (κ1) is 18.0. The van der Waals surface area contributed by atoms with Gasteiger partial charge in [-0.25, -0.2) is 0 Å².